The summed E-state index contributed by atoms with van der Waals surface area (Å²) in [5.41, 5.74) is 1.87. The summed E-state index contributed by atoms with van der Waals surface area (Å²) in [4.78, 5) is 0. The Bertz CT molecular complexity index is 655. The zero-order valence-corrected chi connectivity index (χ0v) is 15.7. The molecular weight excluding hydrogens is 332 g/mol. The molecule has 3 unspecified atom stereocenters. The molecule has 0 aromatic carbocycles. The van der Waals surface area contributed by atoms with E-state index in [-0.39, 0.29) is 23.5 Å². The summed E-state index contributed by atoms with van der Waals surface area (Å²) in [5.74, 6) is 1.58. The summed E-state index contributed by atoms with van der Waals surface area (Å²) in [5, 5.41) is 31.4. The van der Waals surface area contributed by atoms with Gasteiger partial charge in [-0.15, -0.1) is 0 Å². The number of methoxy groups -OCH3 is 2. The molecule has 5 heteroatoms. The van der Waals surface area contributed by atoms with Crippen molar-refractivity contribution in [2.45, 2.75) is 57.5 Å². The molecule has 5 nitrogen and oxygen atoms in total. The van der Waals surface area contributed by atoms with Crippen LogP contribution in [0.15, 0.2) is 46.3 Å². The van der Waals surface area contributed by atoms with Crippen molar-refractivity contribution in [1.29, 1.82) is 0 Å². The maximum Gasteiger partial charge on any atom is 0.199 e. The van der Waals surface area contributed by atoms with Gasteiger partial charge in [-0.25, -0.2) is 0 Å². The van der Waals surface area contributed by atoms with Gasteiger partial charge in [0, 0.05) is 5.92 Å². The molecule has 1 fully saturated rings. The first kappa shape index (κ1) is 18.9. The van der Waals surface area contributed by atoms with Crippen molar-refractivity contribution in [2.24, 2.45) is 11.8 Å². The summed E-state index contributed by atoms with van der Waals surface area (Å²) in [7, 11) is 3.12. The number of aliphatic hydroxyl groups excluding tert-OH is 3. The van der Waals surface area contributed by atoms with Crippen molar-refractivity contribution in [3.63, 3.8) is 0 Å². The predicted octanol–water partition coefficient (Wildman–Crippen LogP) is 4.43. The van der Waals surface area contributed by atoms with Crippen molar-refractivity contribution in [2.75, 3.05) is 14.2 Å². The molecule has 0 aromatic heterocycles. The van der Waals surface area contributed by atoms with Crippen LogP contribution in [0.3, 0.4) is 0 Å². The van der Waals surface area contributed by atoms with Crippen molar-refractivity contribution >= 4 is 0 Å². The molecular formula is C21H30O5. The lowest BCUT2D eigenvalue weighted by molar-refractivity contribution is 0.144. The topological polar surface area (TPSA) is 79.2 Å². The van der Waals surface area contributed by atoms with Crippen LogP contribution in [-0.2, 0) is 9.47 Å². The van der Waals surface area contributed by atoms with E-state index in [1.165, 1.54) is 7.11 Å². The van der Waals surface area contributed by atoms with Crippen molar-refractivity contribution in [3.8, 4) is 0 Å². The molecule has 26 heavy (non-hydrogen) atoms. The van der Waals surface area contributed by atoms with Gasteiger partial charge in [0.2, 0.25) is 0 Å². The molecule has 0 aliphatic heterocycles. The van der Waals surface area contributed by atoms with Gasteiger partial charge in [0.15, 0.2) is 11.5 Å². The molecule has 0 saturated heterocycles. The molecule has 0 spiro atoms. The van der Waals surface area contributed by atoms with Gasteiger partial charge in [-0.3, -0.25) is 0 Å². The van der Waals surface area contributed by atoms with E-state index in [2.05, 4.69) is 0 Å². The normalized spacial score (nSPS) is 30.5. The summed E-state index contributed by atoms with van der Waals surface area (Å²) in [6, 6.07) is 0. The van der Waals surface area contributed by atoms with Crippen molar-refractivity contribution in [3.05, 3.63) is 46.3 Å². The SMILES string of the molecule is COC1=C(OC)C2CC(=C1O)CCCCC(O)CCC1C=CC(O)=C2C1. The second kappa shape index (κ2) is 8.21. The van der Waals surface area contributed by atoms with Gasteiger partial charge in [-0.2, -0.15) is 0 Å². The number of rotatable bonds is 2. The Hall–Kier alpha value is -1.88. The highest BCUT2D eigenvalue weighted by atomic mass is 16.5. The first-order valence-corrected chi connectivity index (χ1v) is 9.56. The van der Waals surface area contributed by atoms with E-state index < -0.39 is 0 Å². The zero-order chi connectivity index (χ0) is 18.7. The average molecular weight is 362 g/mol. The monoisotopic (exact) mass is 362 g/mol. The fourth-order valence-electron chi connectivity index (χ4n) is 4.38. The summed E-state index contributed by atoms with van der Waals surface area (Å²) >= 11 is 0. The molecule has 0 heterocycles. The highest BCUT2D eigenvalue weighted by Gasteiger charge is 2.36. The maximum absolute atomic E-state index is 10.7. The minimum atomic E-state index is -0.281. The summed E-state index contributed by atoms with van der Waals surface area (Å²) in [6.07, 6.45) is 9.96. The largest absolute Gasteiger partial charge is 0.508 e. The van der Waals surface area contributed by atoms with E-state index >= 15 is 0 Å². The van der Waals surface area contributed by atoms with Crippen LogP contribution in [0.2, 0.25) is 0 Å². The van der Waals surface area contributed by atoms with E-state index in [9.17, 15) is 15.3 Å². The second-order valence-corrected chi connectivity index (χ2v) is 7.52. The fraction of sp³-hybridized carbons (Fsp3) is 0.619. The molecule has 3 atom stereocenters. The van der Waals surface area contributed by atoms with E-state index in [0.717, 1.165) is 56.1 Å². The highest BCUT2D eigenvalue weighted by molar-refractivity contribution is 5.41. The third-order valence-electron chi connectivity index (χ3n) is 5.86. The van der Waals surface area contributed by atoms with E-state index in [0.29, 0.717) is 23.9 Å². The van der Waals surface area contributed by atoms with Gasteiger partial charge in [-0.05, 0) is 68.1 Å². The number of hydrogen-bond acceptors (Lipinski definition) is 5. The molecule has 0 aromatic rings. The summed E-state index contributed by atoms with van der Waals surface area (Å²) < 4.78 is 11.1. The van der Waals surface area contributed by atoms with Crippen LogP contribution >= 0.6 is 0 Å². The first-order valence-electron chi connectivity index (χ1n) is 9.56. The average Bonchev–Trinajstić information content (AvgIpc) is 2.65. The number of hydrogen-bond donors (Lipinski definition) is 3. The first-order chi connectivity index (χ1) is 12.5. The molecule has 0 amide bonds. The Balaban J connectivity index is 2.02. The molecule has 4 bridgehead atoms. The third-order valence-corrected chi connectivity index (χ3v) is 5.86. The molecule has 144 valence electrons. The van der Waals surface area contributed by atoms with Crippen LogP contribution in [0.25, 0.3) is 0 Å². The smallest absolute Gasteiger partial charge is 0.199 e. The van der Waals surface area contributed by atoms with Crippen LogP contribution in [0.5, 0.6) is 0 Å². The van der Waals surface area contributed by atoms with Gasteiger partial charge >= 0.3 is 0 Å². The minimum Gasteiger partial charge on any atom is -0.508 e. The highest BCUT2D eigenvalue weighted by Crippen LogP contribution is 2.44. The summed E-state index contributed by atoms with van der Waals surface area (Å²) in [6.45, 7) is 0. The van der Waals surface area contributed by atoms with Gasteiger partial charge in [0.05, 0.1) is 20.3 Å². The lowest BCUT2D eigenvalue weighted by Gasteiger charge is -2.32. The molecule has 3 N–H and O–H groups in total. The molecule has 3 aliphatic rings. The number of aliphatic hydroxyl groups is 3. The lowest BCUT2D eigenvalue weighted by atomic mass is 9.77. The van der Waals surface area contributed by atoms with Crippen LogP contribution in [0.4, 0.5) is 0 Å². The number of ether oxygens (including phenoxy) is 2. The van der Waals surface area contributed by atoms with Crippen LogP contribution in [0.1, 0.15) is 51.4 Å². The van der Waals surface area contributed by atoms with Gasteiger partial charge in [0.25, 0.3) is 0 Å². The van der Waals surface area contributed by atoms with Gasteiger partial charge < -0.3 is 24.8 Å². The lowest BCUT2D eigenvalue weighted by Crippen LogP contribution is -2.23. The Morgan fingerprint density at radius 3 is 2.54 bits per heavy atom. The van der Waals surface area contributed by atoms with Crippen molar-refractivity contribution < 1.29 is 24.8 Å². The molecule has 0 radical (unpaired) electrons. The van der Waals surface area contributed by atoms with Crippen LogP contribution < -0.4 is 0 Å². The third kappa shape index (κ3) is 3.78. The number of allylic oxidation sites excluding steroid dienone is 4. The van der Waals surface area contributed by atoms with Crippen LogP contribution in [0, 0.1) is 11.8 Å². The Kier molecular flexibility index (Phi) is 5.97. The van der Waals surface area contributed by atoms with Gasteiger partial charge in [-0.1, -0.05) is 12.5 Å². The van der Waals surface area contributed by atoms with E-state index in [1.54, 1.807) is 13.2 Å². The molecule has 1 saturated carbocycles. The Morgan fingerprint density at radius 2 is 1.81 bits per heavy atom. The second-order valence-electron chi connectivity index (χ2n) is 7.52. The zero-order valence-electron chi connectivity index (χ0n) is 15.7. The van der Waals surface area contributed by atoms with Gasteiger partial charge in [0.1, 0.15) is 11.5 Å². The quantitative estimate of drug-likeness (QED) is 0.677. The Labute approximate surface area is 155 Å². The standard InChI is InChI=1S/C21H30O5/c1-25-20-17-12-14(19(24)21(20)26-2)5-3-4-6-15(22)9-7-13-8-10-18(23)16(17)11-13/h8,10,13,15,17,22-24H,3-7,9,11-12H2,1-2H3. The fourth-order valence-corrected chi connectivity index (χ4v) is 4.38. The maximum atomic E-state index is 10.7. The predicted molar refractivity (Wildman–Crippen MR) is 99.4 cm³/mol. The minimum absolute atomic E-state index is 0.126. The Morgan fingerprint density at radius 1 is 1.00 bits per heavy atom. The van der Waals surface area contributed by atoms with E-state index in [4.69, 9.17) is 9.47 Å². The van der Waals surface area contributed by atoms with Crippen molar-refractivity contribution in [1.82, 2.24) is 0 Å². The number of fused-ring (bicyclic) bond motifs is 5. The molecule has 3 rings (SSSR count). The van der Waals surface area contributed by atoms with Crippen LogP contribution in [-0.4, -0.2) is 35.6 Å². The van der Waals surface area contributed by atoms with E-state index in [1.807, 2.05) is 6.08 Å². The molecule has 3 aliphatic carbocycles.